The van der Waals surface area contributed by atoms with Gasteiger partial charge in [0.05, 0.1) is 6.61 Å². The first-order valence-corrected chi connectivity index (χ1v) is 6.59. The van der Waals surface area contributed by atoms with Crippen LogP contribution in [-0.2, 0) is 9.53 Å². The highest BCUT2D eigenvalue weighted by Gasteiger charge is 2.12. The van der Waals surface area contributed by atoms with Gasteiger partial charge in [-0.1, -0.05) is 38.2 Å². The van der Waals surface area contributed by atoms with Crippen molar-refractivity contribution >= 4 is 5.97 Å². The Hall–Kier alpha value is -0.790. The van der Waals surface area contributed by atoms with Crippen LogP contribution in [0.15, 0.2) is 11.6 Å². The second-order valence-electron chi connectivity index (χ2n) is 4.68. The minimum Gasteiger partial charge on any atom is -0.463 e. The third kappa shape index (κ3) is 4.82. The van der Waals surface area contributed by atoms with Crippen LogP contribution in [0.25, 0.3) is 0 Å². The maximum Gasteiger partial charge on any atom is 0.333 e. The van der Waals surface area contributed by atoms with Crippen LogP contribution in [0.5, 0.6) is 0 Å². The van der Waals surface area contributed by atoms with E-state index in [1.54, 1.807) is 0 Å². The van der Waals surface area contributed by atoms with Crippen molar-refractivity contribution in [3.63, 3.8) is 0 Å². The Kier molecular flexibility index (Phi) is 6.20. The first-order chi connectivity index (χ1) is 7.74. The van der Waals surface area contributed by atoms with Crippen LogP contribution in [0.1, 0.15) is 58.8 Å². The average molecular weight is 224 g/mol. The molecule has 1 saturated carbocycles. The molecule has 0 aromatic heterocycles. The Morgan fingerprint density at radius 1 is 1.19 bits per heavy atom. The van der Waals surface area contributed by atoms with Crippen LogP contribution in [0, 0.1) is 5.92 Å². The van der Waals surface area contributed by atoms with E-state index in [0.29, 0.717) is 12.5 Å². The third-order valence-corrected chi connectivity index (χ3v) is 3.23. The lowest BCUT2D eigenvalue weighted by Crippen LogP contribution is -2.08. The molecule has 1 aliphatic rings. The summed E-state index contributed by atoms with van der Waals surface area (Å²) in [6.07, 6.45) is 11.3. The van der Waals surface area contributed by atoms with Crippen molar-refractivity contribution in [3.8, 4) is 0 Å². The Bertz CT molecular complexity index is 235. The fourth-order valence-electron chi connectivity index (χ4n) is 2.32. The number of ether oxygens (including phenoxy) is 1. The van der Waals surface area contributed by atoms with E-state index < -0.39 is 0 Å². The molecule has 92 valence electrons. The van der Waals surface area contributed by atoms with Crippen LogP contribution in [0.2, 0.25) is 0 Å². The summed E-state index contributed by atoms with van der Waals surface area (Å²) in [5.74, 6) is 0.439. The predicted molar refractivity (Wildman–Crippen MR) is 66.2 cm³/mol. The van der Waals surface area contributed by atoms with Gasteiger partial charge in [0.2, 0.25) is 0 Å². The molecular weight excluding hydrogens is 200 g/mol. The molecule has 16 heavy (non-hydrogen) atoms. The topological polar surface area (TPSA) is 26.3 Å². The molecule has 1 aliphatic carbocycles. The summed E-state index contributed by atoms with van der Waals surface area (Å²) in [4.78, 5) is 11.5. The van der Waals surface area contributed by atoms with E-state index in [2.05, 4.69) is 6.08 Å². The number of esters is 1. The standard InChI is InChI=1S/C14H24O2/c1-3-16-14(15)12(2)11-13-9-7-5-4-6-8-10-13/h11,13H,3-10H2,1-2H3. The molecule has 0 aromatic carbocycles. The molecular formula is C14H24O2. The first-order valence-electron chi connectivity index (χ1n) is 6.59. The van der Waals surface area contributed by atoms with E-state index in [1.807, 2.05) is 13.8 Å². The molecule has 0 radical (unpaired) electrons. The number of rotatable bonds is 3. The highest BCUT2D eigenvalue weighted by molar-refractivity contribution is 5.87. The lowest BCUT2D eigenvalue weighted by Gasteiger charge is -2.16. The summed E-state index contributed by atoms with van der Waals surface area (Å²) >= 11 is 0. The van der Waals surface area contributed by atoms with Crippen LogP contribution >= 0.6 is 0 Å². The fraction of sp³-hybridized carbons (Fsp3) is 0.786. The van der Waals surface area contributed by atoms with Gasteiger partial charge in [0.1, 0.15) is 0 Å². The van der Waals surface area contributed by atoms with Gasteiger partial charge in [-0.15, -0.1) is 0 Å². The summed E-state index contributed by atoms with van der Waals surface area (Å²) in [5, 5.41) is 0. The first kappa shape index (κ1) is 13.3. The Morgan fingerprint density at radius 2 is 1.75 bits per heavy atom. The number of carbonyl (C=O) groups excluding carboxylic acids is 1. The molecule has 0 spiro atoms. The van der Waals surface area contributed by atoms with E-state index in [0.717, 1.165) is 5.57 Å². The maximum atomic E-state index is 11.5. The van der Waals surface area contributed by atoms with Crippen molar-refractivity contribution in [2.75, 3.05) is 6.61 Å². The normalized spacial score (nSPS) is 20.0. The van der Waals surface area contributed by atoms with E-state index in [1.165, 1.54) is 44.9 Å². The van der Waals surface area contributed by atoms with Gasteiger partial charge in [-0.3, -0.25) is 0 Å². The Labute approximate surface area is 99.1 Å². The highest BCUT2D eigenvalue weighted by atomic mass is 16.5. The van der Waals surface area contributed by atoms with Crippen molar-refractivity contribution in [2.24, 2.45) is 5.92 Å². The van der Waals surface area contributed by atoms with Gasteiger partial charge in [0, 0.05) is 5.57 Å². The zero-order valence-electron chi connectivity index (χ0n) is 10.6. The maximum absolute atomic E-state index is 11.5. The molecule has 1 rings (SSSR count). The Morgan fingerprint density at radius 3 is 2.31 bits per heavy atom. The van der Waals surface area contributed by atoms with Crippen molar-refractivity contribution in [3.05, 3.63) is 11.6 Å². The molecule has 1 fully saturated rings. The molecule has 0 aromatic rings. The summed E-state index contributed by atoms with van der Waals surface area (Å²) in [5.41, 5.74) is 0.785. The van der Waals surface area contributed by atoms with Crippen LogP contribution in [-0.4, -0.2) is 12.6 Å². The third-order valence-electron chi connectivity index (χ3n) is 3.23. The van der Waals surface area contributed by atoms with Crippen molar-refractivity contribution < 1.29 is 9.53 Å². The lowest BCUT2D eigenvalue weighted by molar-refractivity contribution is -0.138. The molecule has 2 nitrogen and oxygen atoms in total. The SMILES string of the molecule is CCOC(=O)C(C)=CC1CCCCCCC1. The van der Waals surface area contributed by atoms with Gasteiger partial charge in [-0.2, -0.15) is 0 Å². The quantitative estimate of drug-likeness (QED) is 0.537. The number of allylic oxidation sites excluding steroid dienone is 1. The summed E-state index contributed by atoms with van der Waals surface area (Å²) < 4.78 is 4.99. The molecule has 0 unspecified atom stereocenters. The average Bonchev–Trinajstić information content (AvgIpc) is 2.22. The van der Waals surface area contributed by atoms with Gasteiger partial charge in [0.15, 0.2) is 0 Å². The highest BCUT2D eigenvalue weighted by Crippen LogP contribution is 2.24. The largest absolute Gasteiger partial charge is 0.463 e. The van der Waals surface area contributed by atoms with Gasteiger partial charge < -0.3 is 4.74 Å². The van der Waals surface area contributed by atoms with Crippen LogP contribution < -0.4 is 0 Å². The number of hydrogen-bond donors (Lipinski definition) is 0. The van der Waals surface area contributed by atoms with Gasteiger partial charge in [-0.05, 0) is 32.6 Å². The smallest absolute Gasteiger partial charge is 0.333 e. The summed E-state index contributed by atoms with van der Waals surface area (Å²) in [6, 6.07) is 0. The molecule has 0 saturated heterocycles. The predicted octanol–water partition coefficient (Wildman–Crippen LogP) is 3.86. The molecule has 2 heteroatoms. The van der Waals surface area contributed by atoms with E-state index in [4.69, 9.17) is 4.74 Å². The van der Waals surface area contributed by atoms with E-state index in [-0.39, 0.29) is 5.97 Å². The van der Waals surface area contributed by atoms with Gasteiger partial charge in [-0.25, -0.2) is 4.79 Å². The van der Waals surface area contributed by atoms with Gasteiger partial charge in [0.25, 0.3) is 0 Å². The van der Waals surface area contributed by atoms with E-state index >= 15 is 0 Å². The van der Waals surface area contributed by atoms with Gasteiger partial charge >= 0.3 is 5.97 Å². The number of hydrogen-bond acceptors (Lipinski definition) is 2. The van der Waals surface area contributed by atoms with Crippen LogP contribution in [0.3, 0.4) is 0 Å². The van der Waals surface area contributed by atoms with E-state index in [9.17, 15) is 4.79 Å². The van der Waals surface area contributed by atoms with Crippen LogP contribution in [0.4, 0.5) is 0 Å². The summed E-state index contributed by atoms with van der Waals surface area (Å²) in [6.45, 7) is 4.19. The Balaban J connectivity index is 2.47. The second kappa shape index (κ2) is 7.48. The number of carbonyl (C=O) groups is 1. The molecule has 0 atom stereocenters. The van der Waals surface area contributed by atoms with Crippen molar-refractivity contribution in [1.29, 1.82) is 0 Å². The zero-order valence-corrected chi connectivity index (χ0v) is 10.6. The van der Waals surface area contributed by atoms with Crippen molar-refractivity contribution in [2.45, 2.75) is 58.8 Å². The zero-order chi connectivity index (χ0) is 11.8. The molecule has 0 amide bonds. The molecule has 0 bridgehead atoms. The van der Waals surface area contributed by atoms with Crippen molar-refractivity contribution in [1.82, 2.24) is 0 Å². The second-order valence-corrected chi connectivity index (χ2v) is 4.68. The molecule has 0 heterocycles. The summed E-state index contributed by atoms with van der Waals surface area (Å²) in [7, 11) is 0. The minimum absolute atomic E-state index is 0.149. The molecule has 0 N–H and O–H groups in total. The minimum atomic E-state index is -0.149. The monoisotopic (exact) mass is 224 g/mol. The lowest BCUT2D eigenvalue weighted by atomic mass is 9.90. The fourth-order valence-corrected chi connectivity index (χ4v) is 2.32. The molecule has 0 aliphatic heterocycles.